The molecule has 0 radical (unpaired) electrons. The number of likely N-dealkylation sites (N-methyl/N-ethyl adjacent to an activating group) is 1. The fourth-order valence-corrected chi connectivity index (χ4v) is 1.37. The lowest BCUT2D eigenvalue weighted by Gasteiger charge is -2.33. The number of urea groups is 1. The monoisotopic (exact) mass is 185 g/mol. The van der Waals surface area contributed by atoms with E-state index in [2.05, 4.69) is 5.32 Å². The summed E-state index contributed by atoms with van der Waals surface area (Å²) in [6.07, 6.45) is 0. The summed E-state index contributed by atoms with van der Waals surface area (Å²) in [7, 11) is 1.57. The van der Waals surface area contributed by atoms with Gasteiger partial charge in [-0.3, -0.25) is 4.79 Å². The van der Waals surface area contributed by atoms with Crippen LogP contribution in [0.15, 0.2) is 0 Å². The molecule has 3 amide bonds. The molecule has 1 aliphatic heterocycles. The van der Waals surface area contributed by atoms with Crippen LogP contribution in [0.4, 0.5) is 4.79 Å². The van der Waals surface area contributed by atoms with Gasteiger partial charge in [0.15, 0.2) is 0 Å². The third kappa shape index (κ3) is 2.11. The Hall–Kier alpha value is -1.26. The van der Waals surface area contributed by atoms with Gasteiger partial charge >= 0.3 is 6.03 Å². The molecule has 0 aromatic rings. The lowest BCUT2D eigenvalue weighted by molar-refractivity contribution is -0.134. The van der Waals surface area contributed by atoms with E-state index >= 15 is 0 Å². The van der Waals surface area contributed by atoms with E-state index in [-0.39, 0.29) is 18.5 Å². The quantitative estimate of drug-likeness (QED) is 0.598. The van der Waals surface area contributed by atoms with Crippen molar-refractivity contribution < 1.29 is 9.59 Å². The van der Waals surface area contributed by atoms with Crippen molar-refractivity contribution in [2.24, 2.45) is 0 Å². The molecule has 13 heavy (non-hydrogen) atoms. The Labute approximate surface area is 77.7 Å². The number of carbonyl (C=O) groups is 2. The molecule has 0 aromatic carbocycles. The second-order valence-corrected chi connectivity index (χ2v) is 2.95. The zero-order valence-electron chi connectivity index (χ0n) is 8.04. The number of nitrogens with zero attached hydrogens (tertiary/aromatic N) is 2. The smallest absolute Gasteiger partial charge is 0.317 e. The third-order valence-corrected chi connectivity index (χ3v) is 2.20. The standard InChI is InChI=1S/C8H15N3O2/c1-3-10-4-5-11(6-7(10)12)8(13)9-2/h3-6H2,1-2H3,(H,9,13). The summed E-state index contributed by atoms with van der Waals surface area (Å²) in [5.41, 5.74) is 0. The zero-order valence-corrected chi connectivity index (χ0v) is 8.04. The van der Waals surface area contributed by atoms with E-state index in [1.54, 1.807) is 11.9 Å². The van der Waals surface area contributed by atoms with Gasteiger partial charge in [0.1, 0.15) is 6.54 Å². The van der Waals surface area contributed by atoms with Gasteiger partial charge in [-0.05, 0) is 6.92 Å². The van der Waals surface area contributed by atoms with Crippen LogP contribution in [0, 0.1) is 0 Å². The molecular formula is C8H15N3O2. The van der Waals surface area contributed by atoms with Gasteiger partial charge < -0.3 is 15.1 Å². The van der Waals surface area contributed by atoms with E-state index in [0.717, 1.165) is 6.54 Å². The van der Waals surface area contributed by atoms with Gasteiger partial charge in [-0.15, -0.1) is 0 Å². The lowest BCUT2D eigenvalue weighted by atomic mass is 10.3. The molecule has 0 aliphatic carbocycles. The fraction of sp³-hybridized carbons (Fsp3) is 0.750. The molecule has 0 saturated carbocycles. The van der Waals surface area contributed by atoms with Crippen LogP contribution in [0.1, 0.15) is 6.92 Å². The van der Waals surface area contributed by atoms with Gasteiger partial charge in [0, 0.05) is 26.7 Å². The Morgan fingerprint density at radius 2 is 2.23 bits per heavy atom. The second kappa shape index (κ2) is 4.11. The Morgan fingerprint density at radius 3 is 2.69 bits per heavy atom. The number of hydrogen-bond acceptors (Lipinski definition) is 2. The minimum atomic E-state index is -0.177. The Bertz CT molecular complexity index is 217. The van der Waals surface area contributed by atoms with E-state index in [9.17, 15) is 9.59 Å². The van der Waals surface area contributed by atoms with Crippen molar-refractivity contribution in [2.45, 2.75) is 6.92 Å². The topological polar surface area (TPSA) is 52.6 Å². The van der Waals surface area contributed by atoms with Crippen LogP contribution in [0.2, 0.25) is 0 Å². The minimum Gasteiger partial charge on any atom is -0.341 e. The number of carbonyl (C=O) groups excluding carboxylic acids is 2. The zero-order chi connectivity index (χ0) is 9.84. The molecule has 74 valence electrons. The highest BCUT2D eigenvalue weighted by atomic mass is 16.2. The first-order valence-electron chi connectivity index (χ1n) is 4.43. The van der Waals surface area contributed by atoms with Gasteiger partial charge in [0.2, 0.25) is 5.91 Å². The molecule has 0 bridgehead atoms. The van der Waals surface area contributed by atoms with E-state index in [4.69, 9.17) is 0 Å². The van der Waals surface area contributed by atoms with Crippen molar-refractivity contribution in [3.8, 4) is 0 Å². The van der Waals surface area contributed by atoms with Crippen LogP contribution in [-0.2, 0) is 4.79 Å². The first-order valence-corrected chi connectivity index (χ1v) is 4.43. The van der Waals surface area contributed by atoms with Crippen LogP contribution in [-0.4, -0.2) is 55.0 Å². The largest absolute Gasteiger partial charge is 0.341 e. The summed E-state index contributed by atoms with van der Waals surface area (Å²) >= 11 is 0. The summed E-state index contributed by atoms with van der Waals surface area (Å²) in [5, 5.41) is 2.50. The number of rotatable bonds is 1. The summed E-state index contributed by atoms with van der Waals surface area (Å²) in [4.78, 5) is 25.8. The molecule has 0 atom stereocenters. The second-order valence-electron chi connectivity index (χ2n) is 2.95. The first kappa shape index (κ1) is 9.83. The van der Waals surface area contributed by atoms with Crippen molar-refractivity contribution in [2.75, 3.05) is 33.2 Å². The number of nitrogens with one attached hydrogen (secondary N) is 1. The summed E-state index contributed by atoms with van der Waals surface area (Å²) < 4.78 is 0. The maximum atomic E-state index is 11.4. The lowest BCUT2D eigenvalue weighted by Crippen LogP contribution is -2.54. The molecule has 1 saturated heterocycles. The summed E-state index contributed by atoms with van der Waals surface area (Å²) in [5.74, 6) is 0.0253. The normalized spacial score (nSPS) is 17.5. The molecule has 1 rings (SSSR count). The molecule has 1 fully saturated rings. The summed E-state index contributed by atoms with van der Waals surface area (Å²) in [6.45, 7) is 4.13. The molecular weight excluding hydrogens is 170 g/mol. The minimum absolute atomic E-state index is 0.0253. The Kier molecular flexibility index (Phi) is 3.11. The molecule has 5 nitrogen and oxygen atoms in total. The molecule has 1 aliphatic rings. The van der Waals surface area contributed by atoms with Crippen molar-refractivity contribution in [3.05, 3.63) is 0 Å². The Morgan fingerprint density at radius 1 is 1.54 bits per heavy atom. The predicted molar refractivity (Wildman–Crippen MR) is 48.3 cm³/mol. The van der Waals surface area contributed by atoms with Gasteiger partial charge in [-0.1, -0.05) is 0 Å². The third-order valence-electron chi connectivity index (χ3n) is 2.20. The average molecular weight is 185 g/mol. The van der Waals surface area contributed by atoms with Crippen LogP contribution in [0.3, 0.4) is 0 Å². The maximum absolute atomic E-state index is 11.4. The molecule has 0 unspecified atom stereocenters. The van der Waals surface area contributed by atoms with E-state index in [1.165, 1.54) is 4.90 Å². The number of amides is 3. The van der Waals surface area contributed by atoms with Crippen molar-refractivity contribution in [1.82, 2.24) is 15.1 Å². The van der Waals surface area contributed by atoms with Gasteiger partial charge in [-0.2, -0.15) is 0 Å². The van der Waals surface area contributed by atoms with Crippen molar-refractivity contribution in [3.63, 3.8) is 0 Å². The van der Waals surface area contributed by atoms with Crippen LogP contribution in [0.25, 0.3) is 0 Å². The first-order chi connectivity index (χ1) is 6.19. The van der Waals surface area contributed by atoms with Gasteiger partial charge in [0.05, 0.1) is 0 Å². The maximum Gasteiger partial charge on any atom is 0.317 e. The van der Waals surface area contributed by atoms with E-state index < -0.39 is 0 Å². The van der Waals surface area contributed by atoms with Crippen LogP contribution >= 0.6 is 0 Å². The van der Waals surface area contributed by atoms with Gasteiger partial charge in [0.25, 0.3) is 0 Å². The molecule has 1 heterocycles. The number of piperazine rings is 1. The van der Waals surface area contributed by atoms with E-state index in [1.807, 2.05) is 6.92 Å². The fourth-order valence-electron chi connectivity index (χ4n) is 1.37. The van der Waals surface area contributed by atoms with Gasteiger partial charge in [-0.25, -0.2) is 4.79 Å². The summed E-state index contributed by atoms with van der Waals surface area (Å²) in [6, 6.07) is -0.177. The highest BCUT2D eigenvalue weighted by Gasteiger charge is 2.24. The molecule has 1 N–H and O–H groups in total. The van der Waals surface area contributed by atoms with E-state index in [0.29, 0.717) is 13.1 Å². The SMILES string of the molecule is CCN1CCN(C(=O)NC)CC1=O. The van der Waals surface area contributed by atoms with Crippen molar-refractivity contribution in [1.29, 1.82) is 0 Å². The Balaban J connectivity index is 2.50. The molecule has 0 aromatic heterocycles. The molecule has 5 heteroatoms. The average Bonchev–Trinajstić information content (AvgIpc) is 2.16. The highest BCUT2D eigenvalue weighted by molar-refractivity contribution is 5.85. The van der Waals surface area contributed by atoms with Crippen LogP contribution < -0.4 is 5.32 Å². The predicted octanol–water partition coefficient (Wildman–Crippen LogP) is -0.510. The molecule has 0 spiro atoms. The van der Waals surface area contributed by atoms with Crippen molar-refractivity contribution >= 4 is 11.9 Å². The van der Waals surface area contributed by atoms with Crippen LogP contribution in [0.5, 0.6) is 0 Å². The highest BCUT2D eigenvalue weighted by Crippen LogP contribution is 2.02. The number of hydrogen-bond donors (Lipinski definition) is 1.